The maximum Gasteiger partial charge on any atom is 0.358 e. The number of esters is 1. The van der Waals surface area contributed by atoms with Crippen LogP contribution in [-0.2, 0) is 16.0 Å². The van der Waals surface area contributed by atoms with Crippen LogP contribution in [0.25, 0.3) is 21.6 Å². The molecule has 0 saturated carbocycles. The largest absolute Gasteiger partial charge is 0.461 e. The third kappa shape index (κ3) is 4.00. The molecule has 4 rings (SSSR count). The molecule has 140 valence electrons. The molecule has 0 bridgehead atoms. The van der Waals surface area contributed by atoms with Gasteiger partial charge in [-0.3, -0.25) is 4.90 Å². The summed E-state index contributed by atoms with van der Waals surface area (Å²) in [6.07, 6.45) is 0. The van der Waals surface area contributed by atoms with Crippen molar-refractivity contribution in [2.24, 2.45) is 0 Å². The summed E-state index contributed by atoms with van der Waals surface area (Å²) in [6, 6.07) is 10.1. The van der Waals surface area contributed by atoms with Gasteiger partial charge in [-0.05, 0) is 23.9 Å². The highest BCUT2D eigenvalue weighted by molar-refractivity contribution is 7.17. The molecule has 0 radical (unpaired) electrons. The van der Waals surface area contributed by atoms with Crippen LogP contribution in [0.4, 0.5) is 0 Å². The van der Waals surface area contributed by atoms with E-state index in [-0.39, 0.29) is 0 Å². The minimum atomic E-state index is -0.405. The number of carbonyl (C=O) groups is 1. The normalized spacial score (nSPS) is 15.1. The number of rotatable bonds is 5. The Hall–Kier alpha value is -2.35. The lowest BCUT2D eigenvalue weighted by atomic mass is 10.1. The average molecular weight is 383 g/mol. The van der Waals surface area contributed by atoms with E-state index in [9.17, 15) is 4.79 Å². The quantitative estimate of drug-likeness (QED) is 0.630. The highest BCUT2D eigenvalue weighted by atomic mass is 32.1. The van der Waals surface area contributed by atoms with Gasteiger partial charge in [-0.2, -0.15) is 0 Å². The van der Waals surface area contributed by atoms with Crippen LogP contribution in [0.3, 0.4) is 0 Å². The predicted molar refractivity (Wildman–Crippen MR) is 105 cm³/mol. The van der Waals surface area contributed by atoms with Crippen molar-refractivity contribution in [1.82, 2.24) is 14.9 Å². The zero-order valence-electron chi connectivity index (χ0n) is 15.2. The summed E-state index contributed by atoms with van der Waals surface area (Å²) in [5.41, 5.74) is 3.23. The van der Waals surface area contributed by atoms with Crippen LogP contribution in [0.2, 0.25) is 0 Å². The van der Waals surface area contributed by atoms with E-state index in [1.54, 1.807) is 6.92 Å². The van der Waals surface area contributed by atoms with Gasteiger partial charge in [0.15, 0.2) is 11.5 Å². The van der Waals surface area contributed by atoms with Crippen LogP contribution >= 0.6 is 11.3 Å². The first-order valence-corrected chi connectivity index (χ1v) is 9.94. The van der Waals surface area contributed by atoms with E-state index in [4.69, 9.17) is 9.47 Å². The Balaban J connectivity index is 1.60. The van der Waals surface area contributed by atoms with Crippen LogP contribution in [0.15, 0.2) is 35.7 Å². The third-order valence-electron chi connectivity index (χ3n) is 4.49. The van der Waals surface area contributed by atoms with Crippen molar-refractivity contribution >= 4 is 27.5 Å². The van der Waals surface area contributed by atoms with Crippen molar-refractivity contribution in [2.45, 2.75) is 13.5 Å². The van der Waals surface area contributed by atoms with Gasteiger partial charge >= 0.3 is 5.97 Å². The number of carbonyl (C=O) groups excluding carboxylic acids is 1. The Morgan fingerprint density at radius 3 is 2.70 bits per heavy atom. The van der Waals surface area contributed by atoms with E-state index >= 15 is 0 Å². The van der Waals surface area contributed by atoms with Crippen molar-refractivity contribution in [3.63, 3.8) is 0 Å². The van der Waals surface area contributed by atoms with Crippen LogP contribution in [0, 0.1) is 0 Å². The van der Waals surface area contributed by atoms with Gasteiger partial charge in [-0.25, -0.2) is 14.8 Å². The summed E-state index contributed by atoms with van der Waals surface area (Å²) in [7, 11) is 0. The fraction of sp³-hybridized carbons (Fsp3) is 0.350. The van der Waals surface area contributed by atoms with E-state index in [2.05, 4.69) is 27.0 Å². The molecule has 7 heteroatoms. The van der Waals surface area contributed by atoms with E-state index < -0.39 is 5.97 Å². The van der Waals surface area contributed by atoms with E-state index in [0.29, 0.717) is 18.1 Å². The molecule has 0 atom stereocenters. The smallest absolute Gasteiger partial charge is 0.358 e. The predicted octanol–water partition coefficient (Wildman–Crippen LogP) is 3.37. The van der Waals surface area contributed by atoms with Gasteiger partial charge in [0.25, 0.3) is 0 Å². The maximum atomic E-state index is 12.3. The summed E-state index contributed by atoms with van der Waals surface area (Å²) in [5, 5.41) is 1.91. The molecule has 3 heterocycles. The SMILES string of the molecule is CCOC(=O)c1nc(-c2ccc(CN3CCOCC3)cc2)nc2ccsc12. The molecule has 6 nitrogen and oxygen atoms in total. The van der Waals surface area contributed by atoms with E-state index in [1.165, 1.54) is 16.9 Å². The molecule has 1 aliphatic rings. The van der Waals surface area contributed by atoms with Gasteiger partial charge in [0.1, 0.15) is 0 Å². The minimum Gasteiger partial charge on any atom is -0.461 e. The van der Waals surface area contributed by atoms with Crippen molar-refractivity contribution in [1.29, 1.82) is 0 Å². The zero-order chi connectivity index (χ0) is 18.6. The molecule has 0 amide bonds. The highest BCUT2D eigenvalue weighted by Gasteiger charge is 2.18. The number of nitrogens with zero attached hydrogens (tertiary/aromatic N) is 3. The molecular weight excluding hydrogens is 362 g/mol. The number of hydrogen-bond donors (Lipinski definition) is 0. The molecule has 1 saturated heterocycles. The summed E-state index contributed by atoms with van der Waals surface area (Å²) in [5.74, 6) is 0.138. The molecule has 1 aromatic carbocycles. The van der Waals surface area contributed by atoms with Gasteiger partial charge in [0, 0.05) is 25.2 Å². The molecular formula is C20H21N3O3S. The van der Waals surface area contributed by atoms with Crippen molar-refractivity contribution in [2.75, 3.05) is 32.9 Å². The topological polar surface area (TPSA) is 64.5 Å². The Bertz CT molecular complexity index is 933. The Morgan fingerprint density at radius 1 is 1.19 bits per heavy atom. The monoisotopic (exact) mass is 383 g/mol. The standard InChI is InChI=1S/C20H21N3O3S/c1-2-26-20(24)17-18-16(7-12-27-18)21-19(22-17)15-5-3-14(4-6-15)13-23-8-10-25-11-9-23/h3-7,12H,2,8-11,13H2,1H3. The number of benzene rings is 1. The van der Waals surface area contributed by atoms with Crippen LogP contribution in [0.1, 0.15) is 23.0 Å². The number of morpholine rings is 1. The van der Waals surface area contributed by atoms with Crippen molar-refractivity contribution in [3.8, 4) is 11.4 Å². The number of aromatic nitrogens is 2. The fourth-order valence-corrected chi connectivity index (χ4v) is 3.92. The Morgan fingerprint density at radius 2 is 1.96 bits per heavy atom. The van der Waals surface area contributed by atoms with Gasteiger partial charge in [0.05, 0.1) is 30.0 Å². The van der Waals surface area contributed by atoms with Crippen LogP contribution < -0.4 is 0 Å². The molecule has 1 aliphatic heterocycles. The fourth-order valence-electron chi connectivity index (χ4n) is 3.11. The minimum absolute atomic E-state index is 0.321. The Kier molecular flexibility index (Phi) is 5.42. The second kappa shape index (κ2) is 8.12. The zero-order valence-corrected chi connectivity index (χ0v) is 16.0. The highest BCUT2D eigenvalue weighted by Crippen LogP contribution is 2.26. The van der Waals surface area contributed by atoms with E-state index in [1.807, 2.05) is 23.6 Å². The molecule has 3 aromatic rings. The lowest BCUT2D eigenvalue weighted by Crippen LogP contribution is -2.35. The number of fused-ring (bicyclic) bond motifs is 1. The van der Waals surface area contributed by atoms with E-state index in [0.717, 1.165) is 48.6 Å². The van der Waals surface area contributed by atoms with Crippen LogP contribution in [0.5, 0.6) is 0 Å². The second-order valence-corrected chi connectivity index (χ2v) is 7.25. The average Bonchev–Trinajstić information content (AvgIpc) is 3.17. The first-order valence-electron chi connectivity index (χ1n) is 9.06. The summed E-state index contributed by atoms with van der Waals surface area (Å²) in [6.45, 7) is 6.53. The van der Waals surface area contributed by atoms with Crippen molar-refractivity contribution in [3.05, 3.63) is 47.0 Å². The van der Waals surface area contributed by atoms with Gasteiger partial charge in [0.2, 0.25) is 0 Å². The van der Waals surface area contributed by atoms with Crippen LogP contribution in [-0.4, -0.2) is 53.7 Å². The first kappa shape index (κ1) is 18.0. The molecule has 0 unspecified atom stereocenters. The number of ether oxygens (including phenoxy) is 2. The number of thiophene rings is 1. The maximum absolute atomic E-state index is 12.3. The first-order chi connectivity index (χ1) is 13.2. The molecule has 0 N–H and O–H groups in total. The molecule has 1 fully saturated rings. The lowest BCUT2D eigenvalue weighted by molar-refractivity contribution is 0.0342. The third-order valence-corrected chi connectivity index (χ3v) is 5.40. The number of hydrogen-bond acceptors (Lipinski definition) is 7. The second-order valence-electron chi connectivity index (χ2n) is 6.34. The van der Waals surface area contributed by atoms with Crippen molar-refractivity contribution < 1.29 is 14.3 Å². The molecule has 2 aromatic heterocycles. The molecule has 0 aliphatic carbocycles. The van der Waals surface area contributed by atoms with Gasteiger partial charge < -0.3 is 9.47 Å². The summed E-state index contributed by atoms with van der Waals surface area (Å²) in [4.78, 5) is 23.8. The summed E-state index contributed by atoms with van der Waals surface area (Å²) >= 11 is 1.45. The Labute approximate surface area is 161 Å². The van der Waals surface area contributed by atoms with Gasteiger partial charge in [-0.15, -0.1) is 11.3 Å². The summed E-state index contributed by atoms with van der Waals surface area (Å²) < 4.78 is 11.3. The molecule has 0 spiro atoms. The van der Waals surface area contributed by atoms with Gasteiger partial charge in [-0.1, -0.05) is 24.3 Å². The lowest BCUT2D eigenvalue weighted by Gasteiger charge is -2.26. The molecule has 27 heavy (non-hydrogen) atoms.